The van der Waals surface area contributed by atoms with Gasteiger partial charge in [-0.3, -0.25) is 0 Å². The Morgan fingerprint density at radius 1 is 2.25 bits per heavy atom. The van der Waals surface area contributed by atoms with Crippen LogP contribution in [0.4, 0.5) is 0 Å². The zero-order valence-corrected chi connectivity index (χ0v) is 3.27. The summed E-state index contributed by atoms with van der Waals surface area (Å²) < 4.78 is 25.9. The van der Waals surface area contributed by atoms with E-state index in [1.807, 2.05) is 0 Å². The van der Waals surface area contributed by atoms with E-state index in [0.29, 0.717) is 0 Å². The van der Waals surface area contributed by atoms with E-state index in [1.54, 1.807) is 0 Å². The van der Waals surface area contributed by atoms with Crippen LogP contribution in [0, 0.1) is 0 Å². The molecule has 0 aromatic rings. The molecule has 26 valence electrons. The summed E-state index contributed by atoms with van der Waals surface area (Å²) in [7, 11) is 0. The van der Waals surface area contributed by atoms with Gasteiger partial charge in [0.25, 0.3) is 0 Å². The molecule has 0 heterocycles. The van der Waals surface area contributed by atoms with Crippen molar-refractivity contribution in [1.29, 1.82) is 0 Å². The van der Waals surface area contributed by atoms with E-state index in [2.05, 4.69) is 0 Å². The highest BCUT2D eigenvalue weighted by atomic mass is 35.5. The molecule has 0 aliphatic rings. The third kappa shape index (κ3) is 19.1. The maximum Gasteiger partial charge on any atom is 0.105 e. The first kappa shape index (κ1) is 1.02. The van der Waals surface area contributed by atoms with Gasteiger partial charge in [-0.15, -0.1) is 23.2 Å². The first-order valence-corrected chi connectivity index (χ1v) is 1.38. The lowest BCUT2D eigenvalue weighted by molar-refractivity contribution is 1.39. The molecule has 0 amide bonds. The molecule has 0 saturated heterocycles. The molecule has 0 rings (SSSR count). The zero-order valence-electron chi connectivity index (χ0n) is 5.76. The number of hydrogen-bond acceptors (Lipinski definition) is 0. The van der Waals surface area contributed by atoms with Crippen LogP contribution in [0.2, 0.25) is 0 Å². The van der Waals surface area contributed by atoms with Crippen LogP contribution < -0.4 is 0 Å². The second kappa shape index (κ2) is 1.86. The Kier molecular flexibility index (Phi) is 0.475. The number of halogens is 2. The van der Waals surface area contributed by atoms with E-state index in [0.717, 1.165) is 0 Å². The normalized spacial score (nSPS) is 29.5. The van der Waals surface area contributed by atoms with Crippen molar-refractivity contribution in [2.24, 2.45) is 0 Å². The van der Waals surface area contributed by atoms with Gasteiger partial charge in [0.05, 0.1) is 1.37 Å². The maximum atomic E-state index is 6.55. The molecular formula is C2H4Cl2. The Bertz CT molecular complexity index is 67.0. The summed E-state index contributed by atoms with van der Waals surface area (Å²) in [4.78, 5) is -2.37. The topological polar surface area (TPSA) is 0 Å². The van der Waals surface area contributed by atoms with Gasteiger partial charge in [-0.25, -0.2) is 0 Å². The van der Waals surface area contributed by atoms with E-state index in [9.17, 15) is 0 Å². The van der Waals surface area contributed by atoms with Crippen molar-refractivity contribution in [3.05, 3.63) is 0 Å². The predicted octanol–water partition coefficient (Wildman–Crippen LogP) is 1.81. The highest BCUT2D eigenvalue weighted by molar-refractivity contribution is 6.43. The molecule has 0 radical (unpaired) electrons. The monoisotopic (exact) mass is 102 g/mol. The standard InChI is InChI=1S/C2H4Cl2/c1-2(3)4/h2H,1H3/i1D3,2D. The van der Waals surface area contributed by atoms with Gasteiger partial charge in [0.1, 0.15) is 4.81 Å². The first-order chi connectivity index (χ1) is 3.25. The highest BCUT2D eigenvalue weighted by Crippen LogP contribution is 1.95. The molecule has 0 spiro atoms. The van der Waals surface area contributed by atoms with Crippen LogP contribution in [-0.4, -0.2) is 4.81 Å². The molecule has 0 atom stereocenters. The molecule has 0 saturated carbocycles. The van der Waals surface area contributed by atoms with Crippen molar-refractivity contribution in [1.82, 2.24) is 0 Å². The number of alkyl halides is 2. The fraction of sp³-hybridized carbons (Fsp3) is 1.00. The second-order valence-corrected chi connectivity index (χ2v) is 1.21. The minimum absolute atomic E-state index is 2.37. The summed E-state index contributed by atoms with van der Waals surface area (Å²) in [5.74, 6) is 0. The maximum absolute atomic E-state index is 6.55. The average Bonchev–Trinajstić information content (AvgIpc) is 1.25. The number of hydrogen-bond donors (Lipinski definition) is 0. The molecule has 0 N–H and O–H groups in total. The van der Waals surface area contributed by atoms with Gasteiger partial charge in [-0.05, 0) is 6.85 Å². The van der Waals surface area contributed by atoms with E-state index in [-0.39, 0.29) is 0 Å². The summed E-state index contributed by atoms with van der Waals surface area (Å²) in [6.07, 6.45) is 0. The first-order valence-electron chi connectivity index (χ1n) is 2.63. The Morgan fingerprint density at radius 3 is 2.50 bits per heavy atom. The van der Waals surface area contributed by atoms with Gasteiger partial charge in [0.15, 0.2) is 0 Å². The van der Waals surface area contributed by atoms with Crippen molar-refractivity contribution in [3.8, 4) is 0 Å². The van der Waals surface area contributed by atoms with Crippen LogP contribution in [0.3, 0.4) is 0 Å². The van der Waals surface area contributed by atoms with E-state index >= 15 is 0 Å². The van der Waals surface area contributed by atoms with Crippen LogP contribution in [0.5, 0.6) is 0 Å². The number of rotatable bonds is 0. The second-order valence-electron chi connectivity index (χ2n) is 0.260. The third-order valence-corrected chi connectivity index (χ3v) is 0. The van der Waals surface area contributed by atoms with Crippen molar-refractivity contribution >= 4 is 23.2 Å². The smallest absolute Gasteiger partial charge is 0.105 e. The highest BCUT2D eigenvalue weighted by Gasteiger charge is 1.75. The largest absolute Gasteiger partial charge is 0.106 e. The van der Waals surface area contributed by atoms with Gasteiger partial charge in [0.2, 0.25) is 0 Å². The van der Waals surface area contributed by atoms with Crippen LogP contribution >= 0.6 is 23.2 Å². The summed E-state index contributed by atoms with van der Waals surface area (Å²) in [6.45, 7) is -2.61. The molecule has 2 heteroatoms. The molecule has 4 heavy (non-hydrogen) atoms. The van der Waals surface area contributed by atoms with Crippen molar-refractivity contribution < 1.29 is 5.48 Å². The molecule has 0 fully saturated rings. The SMILES string of the molecule is [2H]C([2H])([2H])C([2H])(Cl)Cl. The predicted molar refractivity (Wildman–Crippen MR) is 21.2 cm³/mol. The molecular weight excluding hydrogens is 94.9 g/mol. The summed E-state index contributed by atoms with van der Waals surface area (Å²) >= 11 is 9.76. The Hall–Kier alpha value is 0.580. The Morgan fingerprint density at radius 2 is 2.50 bits per heavy atom. The lowest BCUT2D eigenvalue weighted by atomic mass is 11.0. The van der Waals surface area contributed by atoms with Crippen LogP contribution in [-0.2, 0) is 0 Å². The zero-order chi connectivity index (χ0) is 7.00. The minimum atomic E-state index is -2.61. The van der Waals surface area contributed by atoms with Crippen LogP contribution in [0.25, 0.3) is 0 Å². The molecule has 0 aromatic heterocycles. The van der Waals surface area contributed by atoms with E-state index in [1.165, 1.54) is 0 Å². The van der Waals surface area contributed by atoms with Gasteiger partial charge >= 0.3 is 0 Å². The lowest BCUT2D eigenvalue weighted by Crippen LogP contribution is -1.63. The van der Waals surface area contributed by atoms with E-state index in [4.69, 9.17) is 28.7 Å². The summed E-state index contributed by atoms with van der Waals surface area (Å²) in [6, 6.07) is 0. The van der Waals surface area contributed by atoms with Crippen molar-refractivity contribution in [2.75, 3.05) is 0 Å². The minimum Gasteiger partial charge on any atom is -0.106 e. The van der Waals surface area contributed by atoms with Gasteiger partial charge < -0.3 is 0 Å². The van der Waals surface area contributed by atoms with Crippen molar-refractivity contribution in [2.45, 2.75) is 11.7 Å². The fourth-order valence-electron chi connectivity index (χ4n) is 0. The Balaban J connectivity index is 4.02. The Labute approximate surface area is 41.3 Å². The van der Waals surface area contributed by atoms with Gasteiger partial charge in [-0.2, -0.15) is 0 Å². The fourth-order valence-corrected chi connectivity index (χ4v) is 0. The third-order valence-electron chi connectivity index (χ3n) is 0. The van der Waals surface area contributed by atoms with Crippen LogP contribution in [0.15, 0.2) is 0 Å². The molecule has 0 aliphatic carbocycles. The summed E-state index contributed by atoms with van der Waals surface area (Å²) in [5.41, 5.74) is 0. The van der Waals surface area contributed by atoms with Gasteiger partial charge in [0, 0.05) is 4.11 Å². The molecule has 0 aromatic carbocycles. The van der Waals surface area contributed by atoms with E-state index < -0.39 is 11.7 Å². The molecule has 0 unspecified atom stereocenters. The molecule has 0 aliphatic heterocycles. The van der Waals surface area contributed by atoms with Gasteiger partial charge in [-0.1, -0.05) is 0 Å². The lowest BCUT2D eigenvalue weighted by Gasteiger charge is -1.72. The van der Waals surface area contributed by atoms with Crippen molar-refractivity contribution in [3.63, 3.8) is 0 Å². The quantitative estimate of drug-likeness (QED) is 0.410. The summed E-state index contributed by atoms with van der Waals surface area (Å²) in [5, 5.41) is 0. The molecule has 0 bridgehead atoms. The average molecular weight is 103 g/mol. The van der Waals surface area contributed by atoms with Crippen LogP contribution in [0.1, 0.15) is 12.3 Å². The molecule has 0 nitrogen and oxygen atoms in total.